The molecule has 3 aromatic heterocycles. The summed E-state index contributed by atoms with van der Waals surface area (Å²) in [5.41, 5.74) is 2.08. The normalized spacial score (nSPS) is 10.8. The maximum Gasteiger partial charge on any atom is 0.234 e. The average molecular weight is 306 g/mol. The van der Waals surface area contributed by atoms with E-state index in [2.05, 4.69) is 25.3 Å². The minimum atomic E-state index is -0.320. The van der Waals surface area contributed by atoms with Gasteiger partial charge < -0.3 is 5.32 Å². The van der Waals surface area contributed by atoms with Gasteiger partial charge in [-0.3, -0.25) is 4.40 Å². The highest BCUT2D eigenvalue weighted by atomic mass is 19.1. The zero-order valence-electron chi connectivity index (χ0n) is 11.9. The van der Waals surface area contributed by atoms with Gasteiger partial charge in [-0.15, -0.1) is 0 Å². The Hall–Kier alpha value is -3.35. The van der Waals surface area contributed by atoms with E-state index < -0.39 is 0 Å². The Balaban J connectivity index is 1.71. The van der Waals surface area contributed by atoms with Crippen LogP contribution >= 0.6 is 0 Å². The van der Waals surface area contributed by atoms with Gasteiger partial charge in [0.1, 0.15) is 5.82 Å². The highest BCUT2D eigenvalue weighted by Crippen LogP contribution is 2.20. The lowest BCUT2D eigenvalue weighted by Crippen LogP contribution is -1.99. The van der Waals surface area contributed by atoms with Crippen LogP contribution in [0.4, 0.5) is 16.0 Å². The van der Waals surface area contributed by atoms with E-state index >= 15 is 0 Å². The molecule has 23 heavy (non-hydrogen) atoms. The smallest absolute Gasteiger partial charge is 0.234 e. The van der Waals surface area contributed by atoms with Crippen LogP contribution in [-0.2, 0) is 0 Å². The second kappa shape index (κ2) is 5.45. The van der Waals surface area contributed by atoms with E-state index in [0.29, 0.717) is 23.1 Å². The van der Waals surface area contributed by atoms with Crippen molar-refractivity contribution in [2.75, 3.05) is 5.32 Å². The number of fused-ring (bicyclic) bond motifs is 1. The van der Waals surface area contributed by atoms with E-state index in [1.165, 1.54) is 12.1 Å². The highest BCUT2D eigenvalue weighted by molar-refractivity contribution is 5.61. The Morgan fingerprint density at radius 3 is 2.87 bits per heavy atom. The zero-order chi connectivity index (χ0) is 15.6. The van der Waals surface area contributed by atoms with Crippen LogP contribution < -0.4 is 5.32 Å². The molecule has 1 N–H and O–H groups in total. The third kappa shape index (κ3) is 2.59. The van der Waals surface area contributed by atoms with Crippen LogP contribution in [-0.4, -0.2) is 24.3 Å². The number of benzene rings is 1. The zero-order valence-corrected chi connectivity index (χ0v) is 11.9. The first-order valence-electron chi connectivity index (χ1n) is 6.94. The molecule has 0 atom stereocenters. The molecule has 112 valence electrons. The Labute approximate surface area is 130 Å². The van der Waals surface area contributed by atoms with Gasteiger partial charge in [0.05, 0.1) is 17.6 Å². The molecule has 4 aromatic rings. The van der Waals surface area contributed by atoms with Crippen LogP contribution in [0.15, 0.2) is 61.2 Å². The average Bonchev–Trinajstić information content (AvgIpc) is 2.99. The summed E-state index contributed by atoms with van der Waals surface area (Å²) in [6, 6.07) is 9.75. The molecule has 3 heterocycles. The summed E-state index contributed by atoms with van der Waals surface area (Å²) in [6.45, 7) is 0. The monoisotopic (exact) mass is 306 g/mol. The second-order valence-corrected chi connectivity index (χ2v) is 4.83. The fourth-order valence-corrected chi connectivity index (χ4v) is 2.27. The number of imidazole rings is 1. The molecule has 0 aliphatic rings. The maximum absolute atomic E-state index is 13.2. The Kier molecular flexibility index (Phi) is 3.16. The van der Waals surface area contributed by atoms with E-state index in [4.69, 9.17) is 0 Å². The number of hydrogen-bond acceptors (Lipinski definition) is 5. The maximum atomic E-state index is 13.2. The second-order valence-electron chi connectivity index (χ2n) is 4.83. The molecule has 0 spiro atoms. The van der Waals surface area contributed by atoms with Crippen LogP contribution in [0.2, 0.25) is 0 Å². The summed E-state index contributed by atoms with van der Waals surface area (Å²) in [7, 11) is 0. The molecule has 7 heteroatoms. The molecular formula is C16H11FN6. The van der Waals surface area contributed by atoms with Gasteiger partial charge in [0, 0.05) is 24.3 Å². The lowest BCUT2D eigenvalue weighted by Gasteiger charge is -2.06. The largest absolute Gasteiger partial charge is 0.324 e. The first kappa shape index (κ1) is 13.3. The van der Waals surface area contributed by atoms with E-state index in [-0.39, 0.29) is 5.82 Å². The van der Waals surface area contributed by atoms with Crippen LogP contribution in [0.25, 0.3) is 17.2 Å². The van der Waals surface area contributed by atoms with Crippen LogP contribution in [0.5, 0.6) is 0 Å². The topological polar surface area (TPSA) is 68.0 Å². The molecule has 0 aliphatic heterocycles. The van der Waals surface area contributed by atoms with Crippen molar-refractivity contribution in [1.29, 1.82) is 0 Å². The standard InChI is InChI=1S/C16H11FN6/c17-11-3-1-4-12(9-11)21-15-18-7-5-13(22-15)14-10-20-16-19-6-2-8-23(14)16/h1-10H,(H,18,21,22). The summed E-state index contributed by atoms with van der Waals surface area (Å²) in [6.07, 6.45) is 6.89. The van der Waals surface area contributed by atoms with Crippen molar-refractivity contribution in [3.63, 3.8) is 0 Å². The first-order valence-corrected chi connectivity index (χ1v) is 6.94. The summed E-state index contributed by atoms with van der Waals surface area (Å²) < 4.78 is 15.1. The predicted molar refractivity (Wildman–Crippen MR) is 83.7 cm³/mol. The van der Waals surface area contributed by atoms with E-state index in [0.717, 1.165) is 5.69 Å². The van der Waals surface area contributed by atoms with Crippen molar-refractivity contribution in [1.82, 2.24) is 24.3 Å². The van der Waals surface area contributed by atoms with Gasteiger partial charge >= 0.3 is 0 Å². The molecule has 0 saturated heterocycles. The molecule has 0 saturated carbocycles. The summed E-state index contributed by atoms with van der Waals surface area (Å²) in [4.78, 5) is 17.0. The van der Waals surface area contributed by atoms with E-state index in [1.54, 1.807) is 36.8 Å². The minimum Gasteiger partial charge on any atom is -0.324 e. The van der Waals surface area contributed by atoms with Gasteiger partial charge in [-0.25, -0.2) is 24.3 Å². The fourth-order valence-electron chi connectivity index (χ4n) is 2.27. The molecule has 0 fully saturated rings. The molecule has 0 bridgehead atoms. The third-order valence-corrected chi connectivity index (χ3v) is 3.29. The number of hydrogen-bond donors (Lipinski definition) is 1. The summed E-state index contributed by atoms with van der Waals surface area (Å²) in [5, 5.41) is 2.99. The molecule has 0 radical (unpaired) electrons. The van der Waals surface area contributed by atoms with Crippen molar-refractivity contribution in [3.8, 4) is 11.4 Å². The molecule has 1 aromatic carbocycles. The molecular weight excluding hydrogens is 295 g/mol. The summed E-state index contributed by atoms with van der Waals surface area (Å²) >= 11 is 0. The van der Waals surface area contributed by atoms with Gasteiger partial charge in [0.2, 0.25) is 11.7 Å². The van der Waals surface area contributed by atoms with Crippen molar-refractivity contribution in [2.45, 2.75) is 0 Å². The van der Waals surface area contributed by atoms with Gasteiger partial charge in [0.25, 0.3) is 0 Å². The number of halogens is 1. The molecule has 0 aliphatic carbocycles. The number of nitrogens with zero attached hydrogens (tertiary/aromatic N) is 5. The van der Waals surface area contributed by atoms with Gasteiger partial charge in [-0.1, -0.05) is 6.07 Å². The van der Waals surface area contributed by atoms with Crippen molar-refractivity contribution < 1.29 is 4.39 Å². The lowest BCUT2D eigenvalue weighted by atomic mass is 10.3. The molecule has 6 nitrogen and oxygen atoms in total. The first-order chi connectivity index (χ1) is 11.3. The quantitative estimate of drug-likeness (QED) is 0.630. The van der Waals surface area contributed by atoms with Gasteiger partial charge in [0.15, 0.2) is 0 Å². The van der Waals surface area contributed by atoms with Crippen LogP contribution in [0.3, 0.4) is 0 Å². The number of anilines is 2. The SMILES string of the molecule is Fc1cccc(Nc2nccc(-c3cnc4ncccn34)n2)c1. The number of rotatable bonds is 3. The van der Waals surface area contributed by atoms with Crippen LogP contribution in [0.1, 0.15) is 0 Å². The number of nitrogens with one attached hydrogen (secondary N) is 1. The van der Waals surface area contributed by atoms with Crippen molar-refractivity contribution >= 4 is 17.4 Å². The van der Waals surface area contributed by atoms with E-state index in [9.17, 15) is 4.39 Å². The fraction of sp³-hybridized carbons (Fsp3) is 0. The van der Waals surface area contributed by atoms with Gasteiger partial charge in [-0.2, -0.15) is 0 Å². The van der Waals surface area contributed by atoms with E-state index in [1.807, 2.05) is 16.7 Å². The molecule has 0 unspecified atom stereocenters. The predicted octanol–water partition coefficient (Wildman–Crippen LogP) is 3.07. The van der Waals surface area contributed by atoms with Crippen molar-refractivity contribution in [2.24, 2.45) is 0 Å². The Morgan fingerprint density at radius 1 is 1.00 bits per heavy atom. The number of aromatic nitrogens is 5. The van der Waals surface area contributed by atoms with Crippen molar-refractivity contribution in [3.05, 3.63) is 67.0 Å². The molecule has 4 rings (SSSR count). The highest BCUT2D eigenvalue weighted by Gasteiger charge is 2.09. The minimum absolute atomic E-state index is 0.320. The Morgan fingerprint density at radius 2 is 1.96 bits per heavy atom. The summed E-state index contributed by atoms with van der Waals surface area (Å²) in [5.74, 6) is 0.659. The lowest BCUT2D eigenvalue weighted by molar-refractivity contribution is 0.628. The third-order valence-electron chi connectivity index (χ3n) is 3.29. The Bertz CT molecular complexity index is 981. The molecule has 0 amide bonds. The van der Waals surface area contributed by atoms with Gasteiger partial charge in [-0.05, 0) is 30.3 Å². The van der Waals surface area contributed by atoms with Crippen LogP contribution in [0, 0.1) is 5.82 Å².